The van der Waals surface area contributed by atoms with Crippen molar-refractivity contribution in [3.05, 3.63) is 24.3 Å². The predicted molar refractivity (Wildman–Crippen MR) is 101 cm³/mol. The monoisotopic (exact) mass is 373 g/mol. The Kier molecular flexibility index (Phi) is 6.03. The van der Waals surface area contributed by atoms with Gasteiger partial charge in [-0.25, -0.2) is 9.97 Å². The summed E-state index contributed by atoms with van der Waals surface area (Å²) < 4.78 is 12.2. The van der Waals surface area contributed by atoms with Crippen LogP contribution in [0.4, 0.5) is 0 Å². The van der Waals surface area contributed by atoms with E-state index in [1.54, 1.807) is 18.5 Å². The van der Waals surface area contributed by atoms with E-state index in [4.69, 9.17) is 9.47 Å². The van der Waals surface area contributed by atoms with Gasteiger partial charge in [0.2, 0.25) is 5.82 Å². The molecule has 2 saturated heterocycles. The number of nitrogens with zero attached hydrogens (tertiary/aromatic N) is 3. The summed E-state index contributed by atoms with van der Waals surface area (Å²) in [4.78, 5) is 22.6. The fourth-order valence-electron chi connectivity index (χ4n) is 5.04. The van der Waals surface area contributed by atoms with Gasteiger partial charge in [-0.2, -0.15) is 0 Å². The minimum absolute atomic E-state index is 0.0644. The highest BCUT2D eigenvalue weighted by atomic mass is 16.5. The predicted octanol–water partition coefficient (Wildman–Crippen LogP) is 3.08. The van der Waals surface area contributed by atoms with Gasteiger partial charge in [-0.3, -0.25) is 4.79 Å². The van der Waals surface area contributed by atoms with E-state index in [0.29, 0.717) is 5.92 Å². The summed E-state index contributed by atoms with van der Waals surface area (Å²) in [5.41, 5.74) is -0.0644. The minimum atomic E-state index is -0.0695. The number of aromatic nitrogens is 2. The number of carbonyl (C=O) groups excluding carboxylic acids is 1. The van der Waals surface area contributed by atoms with Gasteiger partial charge in [0.25, 0.3) is 5.91 Å². The fraction of sp³-hybridized carbons (Fsp3) is 0.762. The average molecular weight is 373 g/mol. The van der Waals surface area contributed by atoms with Crippen LogP contribution in [-0.2, 0) is 9.47 Å². The van der Waals surface area contributed by atoms with E-state index in [2.05, 4.69) is 9.97 Å². The Morgan fingerprint density at radius 1 is 1.19 bits per heavy atom. The maximum Gasteiger partial charge on any atom is 0.291 e. The second-order valence-corrected chi connectivity index (χ2v) is 8.28. The summed E-state index contributed by atoms with van der Waals surface area (Å²) in [6, 6.07) is 1.73. The minimum Gasteiger partial charge on any atom is -0.381 e. The first-order chi connectivity index (χ1) is 13.3. The van der Waals surface area contributed by atoms with Crippen molar-refractivity contribution in [2.45, 2.75) is 57.0 Å². The van der Waals surface area contributed by atoms with Crippen molar-refractivity contribution in [2.75, 3.05) is 32.9 Å². The van der Waals surface area contributed by atoms with Crippen molar-refractivity contribution < 1.29 is 14.3 Å². The van der Waals surface area contributed by atoms with Gasteiger partial charge in [0, 0.05) is 45.3 Å². The molecule has 6 heteroatoms. The van der Waals surface area contributed by atoms with Crippen LogP contribution in [0.3, 0.4) is 0 Å². The molecule has 0 radical (unpaired) electrons. The molecule has 0 aromatic carbocycles. The number of rotatable bonds is 6. The average Bonchev–Trinajstić information content (AvgIpc) is 3.37. The van der Waals surface area contributed by atoms with E-state index < -0.39 is 0 Å². The van der Waals surface area contributed by atoms with Crippen LogP contribution in [0.2, 0.25) is 0 Å². The lowest BCUT2D eigenvalue weighted by molar-refractivity contribution is -0.0677. The molecule has 1 aromatic heterocycles. The van der Waals surface area contributed by atoms with E-state index in [-0.39, 0.29) is 17.3 Å². The molecule has 1 saturated carbocycles. The van der Waals surface area contributed by atoms with Crippen LogP contribution in [0.25, 0.3) is 0 Å². The third-order valence-electron chi connectivity index (χ3n) is 6.69. The molecule has 1 aliphatic carbocycles. The Morgan fingerprint density at radius 2 is 1.93 bits per heavy atom. The molecule has 1 atom stereocenters. The molecular formula is C21H31N3O3. The molecule has 0 unspecified atom stereocenters. The Morgan fingerprint density at radius 3 is 2.67 bits per heavy atom. The van der Waals surface area contributed by atoms with Crippen LogP contribution in [0.5, 0.6) is 0 Å². The van der Waals surface area contributed by atoms with E-state index in [9.17, 15) is 4.79 Å². The zero-order chi connectivity index (χ0) is 18.5. The first-order valence-corrected chi connectivity index (χ1v) is 10.5. The van der Waals surface area contributed by atoms with Gasteiger partial charge >= 0.3 is 0 Å². The van der Waals surface area contributed by atoms with Crippen molar-refractivity contribution in [1.82, 2.24) is 14.9 Å². The molecule has 6 nitrogen and oxygen atoms in total. The van der Waals surface area contributed by atoms with Gasteiger partial charge in [-0.15, -0.1) is 0 Å². The van der Waals surface area contributed by atoms with Crippen molar-refractivity contribution in [2.24, 2.45) is 11.8 Å². The third kappa shape index (κ3) is 4.32. The number of hydrogen-bond acceptors (Lipinski definition) is 5. The smallest absolute Gasteiger partial charge is 0.291 e. The second-order valence-electron chi connectivity index (χ2n) is 8.28. The third-order valence-corrected chi connectivity index (χ3v) is 6.69. The van der Waals surface area contributed by atoms with E-state index in [1.165, 1.54) is 25.7 Å². The number of piperidine rings is 1. The van der Waals surface area contributed by atoms with Crippen molar-refractivity contribution in [1.29, 1.82) is 0 Å². The van der Waals surface area contributed by atoms with E-state index >= 15 is 0 Å². The highest BCUT2D eigenvalue weighted by molar-refractivity contribution is 5.90. The zero-order valence-corrected chi connectivity index (χ0v) is 16.1. The van der Waals surface area contributed by atoms with Crippen LogP contribution < -0.4 is 0 Å². The lowest BCUT2D eigenvalue weighted by Gasteiger charge is -2.42. The van der Waals surface area contributed by atoms with Crippen LogP contribution in [0, 0.1) is 11.8 Å². The Balaban J connectivity index is 1.25. The fourth-order valence-corrected chi connectivity index (χ4v) is 5.04. The molecule has 1 amide bonds. The molecule has 0 N–H and O–H groups in total. The normalized spacial score (nSPS) is 25.3. The van der Waals surface area contributed by atoms with Gasteiger partial charge in [0.1, 0.15) is 0 Å². The highest BCUT2D eigenvalue weighted by Gasteiger charge is 2.46. The molecule has 3 fully saturated rings. The van der Waals surface area contributed by atoms with Gasteiger partial charge in [-0.1, -0.05) is 12.8 Å². The van der Waals surface area contributed by atoms with Gasteiger partial charge < -0.3 is 14.4 Å². The van der Waals surface area contributed by atoms with E-state index in [1.807, 2.05) is 4.90 Å². The Labute approximate surface area is 161 Å². The summed E-state index contributed by atoms with van der Waals surface area (Å²) in [5.74, 6) is 1.55. The van der Waals surface area contributed by atoms with Crippen LogP contribution in [0.1, 0.15) is 62.0 Å². The standard InChI is InChI=1S/C21H31N3O3/c25-20(19-22-10-3-11-23-19)24-12-8-21(9-13-24)18(7-15-27-21)6-14-26-16-17-4-1-2-5-17/h3,10-11,17-18H,1-2,4-9,12-16H2/t18-/m0/s1. The molecule has 27 heavy (non-hydrogen) atoms. The highest BCUT2D eigenvalue weighted by Crippen LogP contribution is 2.42. The summed E-state index contributed by atoms with van der Waals surface area (Å²) in [6.07, 6.45) is 12.6. The largest absolute Gasteiger partial charge is 0.381 e. The maximum absolute atomic E-state index is 12.6. The molecule has 148 valence electrons. The first-order valence-electron chi connectivity index (χ1n) is 10.5. The number of ether oxygens (including phenoxy) is 2. The number of hydrogen-bond donors (Lipinski definition) is 0. The second kappa shape index (κ2) is 8.65. The van der Waals surface area contributed by atoms with Gasteiger partial charge in [0.15, 0.2) is 0 Å². The molecular weight excluding hydrogens is 342 g/mol. The number of amides is 1. The first kappa shape index (κ1) is 18.8. The Bertz CT molecular complexity index is 610. The summed E-state index contributed by atoms with van der Waals surface area (Å²) >= 11 is 0. The van der Waals surface area contributed by atoms with E-state index in [0.717, 1.165) is 64.5 Å². The van der Waals surface area contributed by atoms with Gasteiger partial charge in [0.05, 0.1) is 5.60 Å². The maximum atomic E-state index is 12.6. The zero-order valence-electron chi connectivity index (χ0n) is 16.1. The molecule has 1 spiro atoms. The molecule has 3 heterocycles. The van der Waals surface area contributed by atoms with Crippen molar-refractivity contribution in [3.63, 3.8) is 0 Å². The molecule has 4 rings (SSSR count). The Hall–Kier alpha value is -1.53. The quantitative estimate of drug-likeness (QED) is 0.717. The lowest BCUT2D eigenvalue weighted by Crippen LogP contribution is -2.49. The summed E-state index contributed by atoms with van der Waals surface area (Å²) in [6.45, 7) is 4.04. The van der Waals surface area contributed by atoms with Crippen LogP contribution >= 0.6 is 0 Å². The SMILES string of the molecule is O=C(c1ncccn1)N1CCC2(CC1)OCC[C@@H]2CCOCC1CCCC1. The molecule has 3 aliphatic rings. The number of likely N-dealkylation sites (tertiary alicyclic amines) is 1. The molecule has 2 aliphatic heterocycles. The van der Waals surface area contributed by atoms with Gasteiger partial charge in [-0.05, 0) is 56.4 Å². The van der Waals surface area contributed by atoms with Crippen LogP contribution in [-0.4, -0.2) is 59.3 Å². The lowest BCUT2D eigenvalue weighted by atomic mass is 9.78. The molecule has 1 aromatic rings. The topological polar surface area (TPSA) is 64.6 Å². The van der Waals surface area contributed by atoms with Crippen molar-refractivity contribution >= 4 is 5.91 Å². The number of carbonyl (C=O) groups is 1. The van der Waals surface area contributed by atoms with Crippen molar-refractivity contribution in [3.8, 4) is 0 Å². The summed E-state index contributed by atoms with van der Waals surface area (Å²) in [5, 5.41) is 0. The molecule has 0 bridgehead atoms. The van der Waals surface area contributed by atoms with Crippen LogP contribution in [0.15, 0.2) is 18.5 Å². The summed E-state index contributed by atoms with van der Waals surface area (Å²) in [7, 11) is 0.